The Kier molecular flexibility index (Phi) is 4.96. The quantitative estimate of drug-likeness (QED) is 0.544. The van der Waals surface area contributed by atoms with Crippen molar-refractivity contribution in [3.8, 4) is 0 Å². The van der Waals surface area contributed by atoms with Gasteiger partial charge in [-0.2, -0.15) is 0 Å². The lowest BCUT2D eigenvalue weighted by Crippen LogP contribution is -2.31. The zero-order chi connectivity index (χ0) is 11.1. The third kappa shape index (κ3) is 3.43. The van der Waals surface area contributed by atoms with Crippen LogP contribution in [0.15, 0.2) is 12.3 Å². The van der Waals surface area contributed by atoms with E-state index < -0.39 is 0 Å². The van der Waals surface area contributed by atoms with Gasteiger partial charge in [0.05, 0.1) is 18.9 Å². The highest BCUT2D eigenvalue weighted by atomic mass is 16.3. The highest BCUT2D eigenvalue weighted by molar-refractivity contribution is 5.30. The molecule has 1 heterocycles. The number of aliphatic hydroxyl groups excluding tert-OH is 2. The van der Waals surface area contributed by atoms with Gasteiger partial charge >= 0.3 is 0 Å². The Morgan fingerprint density at radius 2 is 1.93 bits per heavy atom. The van der Waals surface area contributed by atoms with Crippen molar-refractivity contribution in [2.24, 2.45) is 5.73 Å². The van der Waals surface area contributed by atoms with Crippen LogP contribution >= 0.6 is 0 Å². The van der Waals surface area contributed by atoms with Crippen molar-refractivity contribution in [1.82, 2.24) is 9.97 Å². The predicted octanol–water partition coefficient (Wildman–Crippen LogP) is -1.27. The average molecular weight is 212 g/mol. The molecule has 0 bridgehead atoms. The molecule has 0 fully saturated rings. The van der Waals surface area contributed by atoms with E-state index >= 15 is 0 Å². The molecule has 0 amide bonds. The molecule has 15 heavy (non-hydrogen) atoms. The van der Waals surface area contributed by atoms with Gasteiger partial charge in [0.2, 0.25) is 5.95 Å². The fourth-order valence-corrected chi connectivity index (χ4v) is 1.20. The van der Waals surface area contributed by atoms with E-state index in [-0.39, 0.29) is 13.2 Å². The molecule has 0 spiro atoms. The van der Waals surface area contributed by atoms with Crippen LogP contribution in [-0.4, -0.2) is 46.5 Å². The van der Waals surface area contributed by atoms with E-state index in [0.717, 1.165) is 5.69 Å². The largest absolute Gasteiger partial charge is 0.395 e. The number of hydrogen-bond donors (Lipinski definition) is 3. The zero-order valence-corrected chi connectivity index (χ0v) is 8.50. The lowest BCUT2D eigenvalue weighted by atomic mass is 10.4. The smallest absolute Gasteiger partial charge is 0.225 e. The van der Waals surface area contributed by atoms with Crippen molar-refractivity contribution in [3.05, 3.63) is 18.0 Å². The van der Waals surface area contributed by atoms with Gasteiger partial charge in [-0.05, 0) is 6.07 Å². The third-order valence-corrected chi connectivity index (χ3v) is 1.93. The van der Waals surface area contributed by atoms with Gasteiger partial charge in [0.25, 0.3) is 0 Å². The fraction of sp³-hybridized carbons (Fsp3) is 0.556. The Balaban J connectivity index is 2.79. The molecule has 1 rings (SSSR count). The second-order valence-corrected chi connectivity index (χ2v) is 2.99. The number of hydrogen-bond acceptors (Lipinski definition) is 6. The Morgan fingerprint density at radius 1 is 1.27 bits per heavy atom. The van der Waals surface area contributed by atoms with E-state index in [1.54, 1.807) is 17.2 Å². The summed E-state index contributed by atoms with van der Waals surface area (Å²) in [5.74, 6) is 0.487. The molecule has 0 aliphatic heterocycles. The summed E-state index contributed by atoms with van der Waals surface area (Å²) in [5.41, 5.74) is 6.20. The van der Waals surface area contributed by atoms with Gasteiger partial charge in [-0.15, -0.1) is 0 Å². The molecule has 0 saturated carbocycles. The zero-order valence-electron chi connectivity index (χ0n) is 8.50. The third-order valence-electron chi connectivity index (χ3n) is 1.93. The van der Waals surface area contributed by atoms with Crippen LogP contribution in [0.4, 0.5) is 5.95 Å². The highest BCUT2D eigenvalue weighted by Crippen LogP contribution is 2.06. The molecule has 6 heteroatoms. The minimum Gasteiger partial charge on any atom is -0.395 e. The van der Waals surface area contributed by atoms with Crippen molar-refractivity contribution in [2.75, 3.05) is 31.2 Å². The van der Waals surface area contributed by atoms with Crippen LogP contribution in [0.2, 0.25) is 0 Å². The van der Waals surface area contributed by atoms with Crippen LogP contribution in [0.1, 0.15) is 5.69 Å². The molecule has 0 aromatic carbocycles. The summed E-state index contributed by atoms with van der Waals surface area (Å²) < 4.78 is 0. The van der Waals surface area contributed by atoms with Gasteiger partial charge in [-0.3, -0.25) is 0 Å². The summed E-state index contributed by atoms with van der Waals surface area (Å²) in [6.07, 6.45) is 1.62. The minimum absolute atomic E-state index is 0.00376. The summed E-state index contributed by atoms with van der Waals surface area (Å²) in [5, 5.41) is 17.7. The maximum atomic E-state index is 8.85. The lowest BCUT2D eigenvalue weighted by molar-refractivity contribution is 0.280. The van der Waals surface area contributed by atoms with Crippen LogP contribution in [0, 0.1) is 0 Å². The van der Waals surface area contributed by atoms with Crippen molar-refractivity contribution < 1.29 is 10.2 Å². The van der Waals surface area contributed by atoms with E-state index in [2.05, 4.69) is 9.97 Å². The first-order valence-corrected chi connectivity index (χ1v) is 4.80. The first-order valence-electron chi connectivity index (χ1n) is 4.80. The fourth-order valence-electron chi connectivity index (χ4n) is 1.20. The molecule has 0 radical (unpaired) electrons. The van der Waals surface area contributed by atoms with E-state index in [1.165, 1.54) is 0 Å². The monoisotopic (exact) mass is 212 g/mol. The van der Waals surface area contributed by atoms with Gasteiger partial charge < -0.3 is 20.8 Å². The number of anilines is 1. The molecule has 0 saturated heterocycles. The molecule has 0 atom stereocenters. The Morgan fingerprint density at radius 3 is 2.47 bits per heavy atom. The van der Waals surface area contributed by atoms with Crippen LogP contribution in [0.25, 0.3) is 0 Å². The van der Waals surface area contributed by atoms with E-state index in [0.29, 0.717) is 25.6 Å². The van der Waals surface area contributed by atoms with E-state index in [9.17, 15) is 0 Å². The van der Waals surface area contributed by atoms with E-state index in [4.69, 9.17) is 15.9 Å². The summed E-state index contributed by atoms with van der Waals surface area (Å²) in [7, 11) is 0. The topological polar surface area (TPSA) is 95.5 Å². The number of aliphatic hydroxyl groups is 2. The van der Waals surface area contributed by atoms with Crippen LogP contribution in [0.3, 0.4) is 0 Å². The standard InChI is InChI=1S/C9H16N4O2/c10-7-8-1-2-11-9(12-8)13(3-5-14)4-6-15/h1-2,14-15H,3-7,10H2. The van der Waals surface area contributed by atoms with Crippen molar-refractivity contribution >= 4 is 5.95 Å². The lowest BCUT2D eigenvalue weighted by Gasteiger charge is -2.20. The normalized spacial score (nSPS) is 10.3. The van der Waals surface area contributed by atoms with Gasteiger partial charge in [-0.1, -0.05) is 0 Å². The van der Waals surface area contributed by atoms with E-state index in [1.807, 2.05) is 0 Å². The maximum Gasteiger partial charge on any atom is 0.225 e. The Bertz CT molecular complexity index is 289. The first-order chi connectivity index (χ1) is 7.31. The maximum absolute atomic E-state index is 8.85. The second-order valence-electron chi connectivity index (χ2n) is 2.99. The number of nitrogens with two attached hydrogens (primary N) is 1. The first kappa shape index (κ1) is 11.8. The molecule has 0 aliphatic carbocycles. The van der Waals surface area contributed by atoms with Crippen molar-refractivity contribution in [3.63, 3.8) is 0 Å². The molecule has 6 nitrogen and oxygen atoms in total. The summed E-state index contributed by atoms with van der Waals surface area (Å²) >= 11 is 0. The van der Waals surface area contributed by atoms with Gasteiger partial charge in [0, 0.05) is 25.8 Å². The molecule has 1 aromatic heterocycles. The van der Waals surface area contributed by atoms with Gasteiger partial charge in [0.15, 0.2) is 0 Å². The van der Waals surface area contributed by atoms with Gasteiger partial charge in [-0.25, -0.2) is 9.97 Å². The number of aromatic nitrogens is 2. The Labute approximate surface area is 88.4 Å². The molecule has 4 N–H and O–H groups in total. The van der Waals surface area contributed by atoms with Gasteiger partial charge in [0.1, 0.15) is 0 Å². The minimum atomic E-state index is -0.00376. The van der Waals surface area contributed by atoms with Crippen molar-refractivity contribution in [2.45, 2.75) is 6.54 Å². The predicted molar refractivity (Wildman–Crippen MR) is 56.3 cm³/mol. The van der Waals surface area contributed by atoms with Crippen LogP contribution in [-0.2, 0) is 6.54 Å². The molecule has 0 aliphatic rings. The van der Waals surface area contributed by atoms with Crippen LogP contribution < -0.4 is 10.6 Å². The highest BCUT2D eigenvalue weighted by Gasteiger charge is 2.08. The van der Waals surface area contributed by atoms with Crippen molar-refractivity contribution in [1.29, 1.82) is 0 Å². The SMILES string of the molecule is NCc1ccnc(N(CCO)CCO)n1. The average Bonchev–Trinajstić information content (AvgIpc) is 2.29. The Hall–Kier alpha value is -1.24. The molecule has 84 valence electrons. The summed E-state index contributed by atoms with van der Waals surface area (Å²) in [6.45, 7) is 1.14. The molecular formula is C9H16N4O2. The molecular weight excluding hydrogens is 196 g/mol. The van der Waals surface area contributed by atoms with Crippen LogP contribution in [0.5, 0.6) is 0 Å². The summed E-state index contributed by atoms with van der Waals surface area (Å²) in [4.78, 5) is 9.97. The number of rotatable bonds is 6. The summed E-state index contributed by atoms with van der Waals surface area (Å²) in [6, 6.07) is 1.74. The molecule has 0 unspecified atom stereocenters. The number of nitrogens with zero attached hydrogens (tertiary/aromatic N) is 3. The second kappa shape index (κ2) is 6.28. The molecule has 1 aromatic rings.